The third-order valence-electron chi connectivity index (χ3n) is 2.56. The normalized spacial score (nSPS) is 13.5. The molecule has 0 radical (unpaired) electrons. The van der Waals surface area contributed by atoms with Crippen LogP contribution in [0, 0.1) is 0 Å². The van der Waals surface area contributed by atoms with Crippen LogP contribution in [-0.4, -0.2) is 30.6 Å². The number of nitrogens with zero attached hydrogens (tertiary/aromatic N) is 1. The summed E-state index contributed by atoms with van der Waals surface area (Å²) in [5.74, 6) is 0. The summed E-state index contributed by atoms with van der Waals surface area (Å²) in [7, 11) is 0. The van der Waals surface area contributed by atoms with E-state index in [-0.39, 0.29) is 0 Å². The van der Waals surface area contributed by atoms with Crippen LogP contribution in [0.1, 0.15) is 52.9 Å². The van der Waals surface area contributed by atoms with Crippen molar-refractivity contribution in [2.75, 3.05) is 19.6 Å². The molecule has 2 nitrogen and oxygen atoms in total. The first-order valence-corrected chi connectivity index (χ1v) is 6.18. The number of hydrogen-bond acceptors (Lipinski definition) is 2. The minimum Gasteiger partial charge on any atom is -0.328 e. The van der Waals surface area contributed by atoms with Gasteiger partial charge < -0.3 is 10.6 Å². The predicted octanol–water partition coefficient (Wildman–Crippen LogP) is 2.63. The molecule has 0 saturated heterocycles. The van der Waals surface area contributed by atoms with Crippen molar-refractivity contribution in [1.82, 2.24) is 4.90 Å². The van der Waals surface area contributed by atoms with E-state index in [1.54, 1.807) is 0 Å². The largest absolute Gasteiger partial charge is 0.328 e. The predicted molar refractivity (Wildman–Crippen MR) is 64.5 cm³/mol. The van der Waals surface area contributed by atoms with Crippen LogP contribution in [0.4, 0.5) is 0 Å². The highest BCUT2D eigenvalue weighted by Crippen LogP contribution is 2.01. The van der Waals surface area contributed by atoms with Crippen LogP contribution < -0.4 is 5.73 Å². The number of hydrogen-bond donors (Lipinski definition) is 1. The van der Waals surface area contributed by atoms with Gasteiger partial charge in [-0.15, -0.1) is 0 Å². The number of rotatable bonds is 9. The van der Waals surface area contributed by atoms with E-state index in [9.17, 15) is 0 Å². The number of unbranched alkanes of at least 4 members (excludes halogenated alkanes) is 2. The Hall–Kier alpha value is -0.0800. The zero-order valence-electron chi connectivity index (χ0n) is 10.3. The van der Waals surface area contributed by atoms with Gasteiger partial charge in [-0.1, -0.05) is 26.7 Å². The summed E-state index contributed by atoms with van der Waals surface area (Å²) >= 11 is 0. The molecular formula is C12H28N2. The Morgan fingerprint density at radius 2 is 1.50 bits per heavy atom. The molecule has 0 aromatic carbocycles. The van der Waals surface area contributed by atoms with Gasteiger partial charge in [-0.05, 0) is 45.8 Å². The van der Waals surface area contributed by atoms with Crippen molar-refractivity contribution in [3.63, 3.8) is 0 Å². The molecule has 0 aromatic rings. The van der Waals surface area contributed by atoms with Crippen molar-refractivity contribution in [3.05, 3.63) is 0 Å². The lowest BCUT2D eigenvalue weighted by molar-refractivity contribution is 0.257. The van der Waals surface area contributed by atoms with Gasteiger partial charge in [0.15, 0.2) is 0 Å². The molecule has 0 rings (SSSR count). The summed E-state index contributed by atoms with van der Waals surface area (Å²) < 4.78 is 0. The Kier molecular flexibility index (Phi) is 9.42. The van der Waals surface area contributed by atoms with Gasteiger partial charge in [0.25, 0.3) is 0 Å². The van der Waals surface area contributed by atoms with E-state index in [4.69, 9.17) is 5.73 Å². The molecule has 1 atom stereocenters. The van der Waals surface area contributed by atoms with E-state index in [0.29, 0.717) is 6.04 Å². The van der Waals surface area contributed by atoms with Crippen LogP contribution in [0.25, 0.3) is 0 Å². The summed E-state index contributed by atoms with van der Waals surface area (Å²) in [6.07, 6.45) is 6.36. The molecule has 0 aliphatic rings. The number of nitrogens with two attached hydrogens (primary N) is 1. The second-order valence-electron chi connectivity index (χ2n) is 4.31. The molecule has 0 heterocycles. The van der Waals surface area contributed by atoms with Crippen molar-refractivity contribution >= 4 is 0 Å². The maximum Gasteiger partial charge on any atom is 0.00226 e. The lowest BCUT2D eigenvalue weighted by Gasteiger charge is -2.22. The van der Waals surface area contributed by atoms with Gasteiger partial charge in [-0.25, -0.2) is 0 Å². The first-order valence-electron chi connectivity index (χ1n) is 6.18. The van der Waals surface area contributed by atoms with E-state index in [0.717, 1.165) is 6.42 Å². The third kappa shape index (κ3) is 8.52. The molecule has 0 fully saturated rings. The topological polar surface area (TPSA) is 29.3 Å². The monoisotopic (exact) mass is 200 g/mol. The van der Waals surface area contributed by atoms with Gasteiger partial charge in [0.1, 0.15) is 0 Å². The summed E-state index contributed by atoms with van der Waals surface area (Å²) in [6, 6.07) is 0.348. The molecule has 1 unspecified atom stereocenters. The quantitative estimate of drug-likeness (QED) is 0.620. The van der Waals surface area contributed by atoms with E-state index in [2.05, 4.69) is 25.7 Å². The molecule has 14 heavy (non-hydrogen) atoms. The Balaban J connectivity index is 3.60. The van der Waals surface area contributed by atoms with Crippen LogP contribution in [0.15, 0.2) is 0 Å². The average Bonchev–Trinajstić information content (AvgIpc) is 2.16. The maximum absolute atomic E-state index is 5.77. The molecule has 2 heteroatoms. The summed E-state index contributed by atoms with van der Waals surface area (Å²) in [5, 5.41) is 0. The summed E-state index contributed by atoms with van der Waals surface area (Å²) in [4.78, 5) is 2.57. The minimum absolute atomic E-state index is 0.348. The second-order valence-corrected chi connectivity index (χ2v) is 4.31. The zero-order chi connectivity index (χ0) is 10.8. The van der Waals surface area contributed by atoms with Gasteiger partial charge >= 0.3 is 0 Å². The van der Waals surface area contributed by atoms with E-state index < -0.39 is 0 Å². The fourth-order valence-corrected chi connectivity index (χ4v) is 1.49. The molecule has 0 amide bonds. The van der Waals surface area contributed by atoms with Crippen LogP contribution in [0.2, 0.25) is 0 Å². The van der Waals surface area contributed by atoms with Crippen LogP contribution >= 0.6 is 0 Å². The fraction of sp³-hybridized carbons (Fsp3) is 1.00. The van der Waals surface area contributed by atoms with Crippen LogP contribution in [0.3, 0.4) is 0 Å². The van der Waals surface area contributed by atoms with E-state index in [1.807, 2.05) is 0 Å². The Labute approximate surface area is 89.9 Å². The standard InChI is InChI=1S/C12H28N2/c1-4-6-9-14(10-7-5-2)11-8-12(3)13/h12H,4-11,13H2,1-3H3. The molecule has 0 bridgehead atoms. The lowest BCUT2D eigenvalue weighted by atomic mass is 10.2. The van der Waals surface area contributed by atoms with Crippen molar-refractivity contribution < 1.29 is 0 Å². The Morgan fingerprint density at radius 3 is 1.86 bits per heavy atom. The third-order valence-corrected chi connectivity index (χ3v) is 2.56. The molecular weight excluding hydrogens is 172 g/mol. The summed E-state index contributed by atoms with van der Waals surface area (Å²) in [5.41, 5.74) is 5.77. The fourth-order valence-electron chi connectivity index (χ4n) is 1.49. The molecule has 86 valence electrons. The van der Waals surface area contributed by atoms with E-state index >= 15 is 0 Å². The van der Waals surface area contributed by atoms with Crippen molar-refractivity contribution in [3.8, 4) is 0 Å². The molecule has 0 aliphatic heterocycles. The van der Waals surface area contributed by atoms with E-state index in [1.165, 1.54) is 45.3 Å². The molecule has 0 aliphatic carbocycles. The molecule has 0 aromatic heterocycles. The van der Waals surface area contributed by atoms with Crippen molar-refractivity contribution in [2.24, 2.45) is 5.73 Å². The van der Waals surface area contributed by atoms with Gasteiger partial charge in [0.05, 0.1) is 0 Å². The highest BCUT2D eigenvalue weighted by Gasteiger charge is 2.04. The molecule has 2 N–H and O–H groups in total. The smallest absolute Gasteiger partial charge is 0.00226 e. The van der Waals surface area contributed by atoms with Crippen molar-refractivity contribution in [1.29, 1.82) is 0 Å². The first kappa shape index (κ1) is 13.9. The highest BCUT2D eigenvalue weighted by atomic mass is 15.1. The first-order chi connectivity index (χ1) is 6.70. The van der Waals surface area contributed by atoms with Crippen LogP contribution in [-0.2, 0) is 0 Å². The van der Waals surface area contributed by atoms with Gasteiger partial charge in [0.2, 0.25) is 0 Å². The average molecular weight is 200 g/mol. The Bertz CT molecular complexity index is 105. The molecule has 0 saturated carbocycles. The highest BCUT2D eigenvalue weighted by molar-refractivity contribution is 4.62. The van der Waals surface area contributed by atoms with Gasteiger partial charge in [-0.2, -0.15) is 0 Å². The SMILES string of the molecule is CCCCN(CCCC)CCC(C)N. The second kappa shape index (κ2) is 9.47. The minimum atomic E-state index is 0.348. The maximum atomic E-state index is 5.77. The summed E-state index contributed by atoms with van der Waals surface area (Å²) in [6.45, 7) is 10.3. The van der Waals surface area contributed by atoms with Crippen molar-refractivity contribution in [2.45, 2.75) is 58.9 Å². The zero-order valence-corrected chi connectivity index (χ0v) is 10.3. The van der Waals surface area contributed by atoms with Gasteiger partial charge in [-0.3, -0.25) is 0 Å². The van der Waals surface area contributed by atoms with Crippen LogP contribution in [0.5, 0.6) is 0 Å². The Morgan fingerprint density at radius 1 is 1.00 bits per heavy atom. The van der Waals surface area contributed by atoms with Gasteiger partial charge in [0, 0.05) is 6.04 Å². The molecule has 0 spiro atoms. The lowest BCUT2D eigenvalue weighted by Crippen LogP contribution is -2.31.